The van der Waals surface area contributed by atoms with Crippen LogP contribution in [-0.2, 0) is 6.54 Å². The van der Waals surface area contributed by atoms with E-state index in [2.05, 4.69) is 38.1 Å². The molecular weight excluding hydrogens is 226 g/mol. The van der Waals surface area contributed by atoms with E-state index in [0.717, 1.165) is 18.7 Å². The highest BCUT2D eigenvalue weighted by Gasteiger charge is 2.24. The molecule has 4 nitrogen and oxygen atoms in total. The van der Waals surface area contributed by atoms with E-state index < -0.39 is 0 Å². The number of hydrogen-bond acceptors (Lipinski definition) is 3. The molecule has 0 aliphatic heterocycles. The first-order valence-electron chi connectivity index (χ1n) is 6.62. The molecule has 0 aliphatic carbocycles. The van der Waals surface area contributed by atoms with E-state index in [1.54, 1.807) is 16.8 Å². The van der Waals surface area contributed by atoms with Gasteiger partial charge in [0.25, 0.3) is 5.56 Å². The highest BCUT2D eigenvalue weighted by atomic mass is 16.1. The van der Waals surface area contributed by atoms with E-state index in [1.165, 1.54) is 0 Å². The minimum atomic E-state index is -0.0341. The zero-order valence-electron chi connectivity index (χ0n) is 12.2. The molecule has 1 aromatic rings. The Morgan fingerprint density at radius 1 is 1.39 bits per heavy atom. The third-order valence-corrected chi connectivity index (χ3v) is 3.04. The molecular formula is C14H25N3O. The largest absolute Gasteiger partial charge is 0.312 e. The van der Waals surface area contributed by atoms with E-state index in [0.29, 0.717) is 6.54 Å². The summed E-state index contributed by atoms with van der Waals surface area (Å²) in [6, 6.07) is 3.58. The molecule has 0 radical (unpaired) electrons. The van der Waals surface area contributed by atoms with Crippen molar-refractivity contribution in [2.75, 3.05) is 6.54 Å². The van der Waals surface area contributed by atoms with Crippen LogP contribution in [-0.4, -0.2) is 22.4 Å². The summed E-state index contributed by atoms with van der Waals surface area (Å²) in [6.07, 6.45) is 1.09. The van der Waals surface area contributed by atoms with E-state index >= 15 is 0 Å². The van der Waals surface area contributed by atoms with Crippen molar-refractivity contribution in [1.82, 2.24) is 15.1 Å². The Morgan fingerprint density at radius 3 is 2.61 bits per heavy atom. The number of aromatic nitrogens is 2. The summed E-state index contributed by atoms with van der Waals surface area (Å²) in [5, 5.41) is 7.80. The van der Waals surface area contributed by atoms with Crippen molar-refractivity contribution >= 4 is 0 Å². The van der Waals surface area contributed by atoms with E-state index in [9.17, 15) is 4.79 Å². The first-order valence-corrected chi connectivity index (χ1v) is 6.62. The van der Waals surface area contributed by atoms with Gasteiger partial charge in [0, 0.05) is 12.1 Å². The van der Waals surface area contributed by atoms with Gasteiger partial charge in [0.2, 0.25) is 0 Å². The fourth-order valence-corrected chi connectivity index (χ4v) is 1.82. The second-order valence-corrected chi connectivity index (χ2v) is 5.87. The lowest BCUT2D eigenvalue weighted by Gasteiger charge is -2.31. The van der Waals surface area contributed by atoms with E-state index in [1.807, 2.05) is 6.92 Å². The van der Waals surface area contributed by atoms with Gasteiger partial charge in [0.1, 0.15) is 0 Å². The standard InChI is InChI=1S/C14H25N3O/c1-6-9-15-12(14(3,4)5)10-17-13(18)8-7-11(2)16-17/h7-8,12,15H,6,9-10H2,1-5H3. The molecule has 4 heteroatoms. The molecule has 1 N–H and O–H groups in total. The number of rotatable bonds is 5. The minimum Gasteiger partial charge on any atom is -0.312 e. The van der Waals surface area contributed by atoms with Crippen LogP contribution in [0.25, 0.3) is 0 Å². The van der Waals surface area contributed by atoms with Crippen molar-refractivity contribution in [1.29, 1.82) is 0 Å². The van der Waals surface area contributed by atoms with Gasteiger partial charge < -0.3 is 5.32 Å². The number of aryl methyl sites for hydroxylation is 1. The van der Waals surface area contributed by atoms with Gasteiger partial charge in [-0.15, -0.1) is 0 Å². The summed E-state index contributed by atoms with van der Waals surface area (Å²) in [5.74, 6) is 0. The molecule has 1 heterocycles. The summed E-state index contributed by atoms with van der Waals surface area (Å²) < 4.78 is 1.56. The molecule has 1 aromatic heterocycles. The van der Waals surface area contributed by atoms with Crippen LogP contribution in [0.5, 0.6) is 0 Å². The fourth-order valence-electron chi connectivity index (χ4n) is 1.82. The highest BCUT2D eigenvalue weighted by molar-refractivity contribution is 4.97. The average Bonchev–Trinajstić information content (AvgIpc) is 2.27. The second kappa shape index (κ2) is 6.14. The maximum absolute atomic E-state index is 11.8. The normalized spacial score (nSPS) is 13.6. The van der Waals surface area contributed by atoms with Crippen LogP contribution >= 0.6 is 0 Å². The molecule has 0 spiro atoms. The van der Waals surface area contributed by atoms with Crippen molar-refractivity contribution in [3.05, 3.63) is 28.2 Å². The molecule has 1 rings (SSSR count). The molecule has 18 heavy (non-hydrogen) atoms. The maximum Gasteiger partial charge on any atom is 0.266 e. The smallest absolute Gasteiger partial charge is 0.266 e. The van der Waals surface area contributed by atoms with Crippen molar-refractivity contribution in [3.8, 4) is 0 Å². The van der Waals surface area contributed by atoms with Crippen molar-refractivity contribution in [2.24, 2.45) is 5.41 Å². The van der Waals surface area contributed by atoms with Gasteiger partial charge in [-0.05, 0) is 31.4 Å². The van der Waals surface area contributed by atoms with Gasteiger partial charge in [-0.3, -0.25) is 4.79 Å². The Labute approximate surface area is 109 Å². The lowest BCUT2D eigenvalue weighted by atomic mass is 9.86. The van der Waals surface area contributed by atoms with E-state index in [4.69, 9.17) is 0 Å². The molecule has 0 fully saturated rings. The second-order valence-electron chi connectivity index (χ2n) is 5.87. The van der Waals surface area contributed by atoms with Gasteiger partial charge >= 0.3 is 0 Å². The third-order valence-electron chi connectivity index (χ3n) is 3.04. The molecule has 0 aromatic carbocycles. The predicted octanol–water partition coefficient (Wildman–Crippen LogP) is 1.97. The lowest BCUT2D eigenvalue weighted by molar-refractivity contribution is 0.232. The molecule has 0 amide bonds. The minimum absolute atomic E-state index is 0.0341. The quantitative estimate of drug-likeness (QED) is 0.870. The Hall–Kier alpha value is -1.16. The summed E-state index contributed by atoms with van der Waals surface area (Å²) in [5.41, 5.74) is 0.936. The summed E-state index contributed by atoms with van der Waals surface area (Å²) in [4.78, 5) is 11.8. The predicted molar refractivity (Wildman–Crippen MR) is 74.8 cm³/mol. The van der Waals surface area contributed by atoms with Crippen LogP contribution in [0.4, 0.5) is 0 Å². The Morgan fingerprint density at radius 2 is 2.06 bits per heavy atom. The summed E-state index contributed by atoms with van der Waals surface area (Å²) >= 11 is 0. The zero-order chi connectivity index (χ0) is 13.8. The Bertz CT molecular complexity index is 431. The summed E-state index contributed by atoms with van der Waals surface area (Å²) in [7, 11) is 0. The molecule has 0 aliphatic rings. The van der Waals surface area contributed by atoms with Crippen molar-refractivity contribution < 1.29 is 0 Å². The molecule has 0 saturated heterocycles. The molecule has 0 bridgehead atoms. The number of nitrogens with one attached hydrogen (secondary N) is 1. The fraction of sp³-hybridized carbons (Fsp3) is 0.714. The summed E-state index contributed by atoms with van der Waals surface area (Å²) in [6.45, 7) is 12.2. The zero-order valence-corrected chi connectivity index (χ0v) is 12.2. The van der Waals surface area contributed by atoms with Gasteiger partial charge in [0.15, 0.2) is 0 Å². The van der Waals surface area contributed by atoms with Crippen LogP contribution in [0.2, 0.25) is 0 Å². The van der Waals surface area contributed by atoms with E-state index in [-0.39, 0.29) is 17.0 Å². The molecule has 0 saturated carbocycles. The van der Waals surface area contributed by atoms with Crippen LogP contribution in [0.1, 0.15) is 39.8 Å². The van der Waals surface area contributed by atoms with Gasteiger partial charge in [0.05, 0.1) is 12.2 Å². The first kappa shape index (κ1) is 14.9. The van der Waals surface area contributed by atoms with Crippen LogP contribution < -0.4 is 10.9 Å². The monoisotopic (exact) mass is 251 g/mol. The Kier molecular flexibility index (Phi) is 5.08. The number of nitrogens with zero attached hydrogens (tertiary/aromatic N) is 2. The topological polar surface area (TPSA) is 46.9 Å². The van der Waals surface area contributed by atoms with Gasteiger partial charge in [-0.25, -0.2) is 4.68 Å². The van der Waals surface area contributed by atoms with Gasteiger partial charge in [-0.2, -0.15) is 5.10 Å². The van der Waals surface area contributed by atoms with Gasteiger partial charge in [-0.1, -0.05) is 27.7 Å². The SMILES string of the molecule is CCCNC(Cn1nc(C)ccc1=O)C(C)(C)C. The average molecular weight is 251 g/mol. The van der Waals surface area contributed by atoms with Crippen LogP contribution in [0.3, 0.4) is 0 Å². The van der Waals surface area contributed by atoms with Crippen LogP contribution in [0, 0.1) is 12.3 Å². The van der Waals surface area contributed by atoms with Crippen LogP contribution in [0.15, 0.2) is 16.9 Å². The van der Waals surface area contributed by atoms with Crippen molar-refractivity contribution in [2.45, 2.75) is 53.6 Å². The Balaban J connectivity index is 2.89. The van der Waals surface area contributed by atoms with Crippen molar-refractivity contribution in [3.63, 3.8) is 0 Å². The first-order chi connectivity index (χ1) is 8.34. The maximum atomic E-state index is 11.8. The molecule has 102 valence electrons. The molecule has 1 unspecified atom stereocenters. The third kappa shape index (κ3) is 4.26. The lowest BCUT2D eigenvalue weighted by Crippen LogP contribution is -2.46. The highest BCUT2D eigenvalue weighted by Crippen LogP contribution is 2.20. The molecule has 1 atom stereocenters. The number of hydrogen-bond donors (Lipinski definition) is 1.